The first kappa shape index (κ1) is 8.52. The third-order valence-corrected chi connectivity index (χ3v) is 2.68. The van der Waals surface area contributed by atoms with E-state index in [1.54, 1.807) is 0 Å². The van der Waals surface area contributed by atoms with Crippen molar-refractivity contribution in [1.82, 2.24) is 0 Å². The van der Waals surface area contributed by atoms with Crippen LogP contribution in [0.4, 0.5) is 0 Å². The fraction of sp³-hybridized carbons (Fsp3) is 0.333. The van der Waals surface area contributed by atoms with Crippen LogP contribution in [0.5, 0.6) is 0 Å². The van der Waals surface area contributed by atoms with E-state index >= 15 is 0 Å². The van der Waals surface area contributed by atoms with Crippen LogP contribution in [0.3, 0.4) is 0 Å². The van der Waals surface area contributed by atoms with Crippen LogP contribution in [0.25, 0.3) is 0 Å². The van der Waals surface area contributed by atoms with Gasteiger partial charge in [-0.1, -0.05) is 30.3 Å². The predicted octanol–water partition coefficient (Wildman–Crippen LogP) is 2.87. The Bertz CT molecular complexity index is 317. The molecule has 13 heavy (non-hydrogen) atoms. The van der Waals surface area contributed by atoms with E-state index in [0.29, 0.717) is 5.92 Å². The minimum absolute atomic E-state index is 0.257. The van der Waals surface area contributed by atoms with Crippen molar-refractivity contribution in [1.29, 1.82) is 0 Å². The number of hydrogen-bond donors (Lipinski definition) is 0. The highest BCUT2D eigenvalue weighted by Gasteiger charge is 2.23. The zero-order valence-electron chi connectivity index (χ0n) is 7.86. The van der Waals surface area contributed by atoms with Gasteiger partial charge in [-0.3, -0.25) is 0 Å². The van der Waals surface area contributed by atoms with E-state index in [4.69, 9.17) is 4.74 Å². The summed E-state index contributed by atoms with van der Waals surface area (Å²) in [6, 6.07) is 8.42. The first-order valence-corrected chi connectivity index (χ1v) is 4.65. The monoisotopic (exact) mass is 174 g/mol. The molecule has 0 fully saturated rings. The molecule has 0 amide bonds. The Balaban J connectivity index is 2.45. The van der Waals surface area contributed by atoms with E-state index < -0.39 is 0 Å². The second-order valence-electron chi connectivity index (χ2n) is 3.48. The number of fused-ring (bicyclic) bond motifs is 1. The van der Waals surface area contributed by atoms with Crippen LogP contribution in [0.2, 0.25) is 0 Å². The lowest BCUT2D eigenvalue weighted by Gasteiger charge is -2.29. The van der Waals surface area contributed by atoms with Crippen LogP contribution in [-0.2, 0) is 11.3 Å². The van der Waals surface area contributed by atoms with Gasteiger partial charge in [0.2, 0.25) is 0 Å². The van der Waals surface area contributed by atoms with Crippen molar-refractivity contribution in [2.24, 2.45) is 0 Å². The zero-order valence-corrected chi connectivity index (χ0v) is 7.86. The fourth-order valence-corrected chi connectivity index (χ4v) is 1.89. The predicted molar refractivity (Wildman–Crippen MR) is 53.6 cm³/mol. The molecule has 0 unspecified atom stereocenters. The van der Waals surface area contributed by atoms with Crippen LogP contribution in [0.15, 0.2) is 36.9 Å². The van der Waals surface area contributed by atoms with Gasteiger partial charge >= 0.3 is 0 Å². The molecule has 1 nitrogen and oxygen atoms in total. The van der Waals surface area contributed by atoms with E-state index in [-0.39, 0.29) is 6.10 Å². The van der Waals surface area contributed by atoms with Crippen LogP contribution >= 0.6 is 0 Å². The number of ether oxygens (including phenoxy) is 1. The summed E-state index contributed by atoms with van der Waals surface area (Å²) in [7, 11) is 0. The molecule has 0 saturated heterocycles. The quantitative estimate of drug-likeness (QED) is 0.595. The molecular weight excluding hydrogens is 160 g/mol. The van der Waals surface area contributed by atoms with Crippen LogP contribution < -0.4 is 0 Å². The standard InChI is InChI=1S/C12H14O/c1-3-11-9(2)13-8-10-6-4-5-7-12(10)11/h3-7,9,11H,1,8H2,2H3/t9-,11-/m0/s1. The summed E-state index contributed by atoms with van der Waals surface area (Å²) in [5.74, 6) is 0.352. The lowest BCUT2D eigenvalue weighted by Crippen LogP contribution is -2.23. The van der Waals surface area contributed by atoms with Crippen LogP contribution in [0, 0.1) is 0 Å². The molecular formula is C12H14O. The van der Waals surface area contributed by atoms with Crippen LogP contribution in [-0.4, -0.2) is 6.10 Å². The van der Waals surface area contributed by atoms with Crippen molar-refractivity contribution in [3.63, 3.8) is 0 Å². The summed E-state index contributed by atoms with van der Waals surface area (Å²) in [5.41, 5.74) is 2.67. The van der Waals surface area contributed by atoms with Gasteiger partial charge in [0.05, 0.1) is 12.7 Å². The molecule has 0 saturated carbocycles. The minimum Gasteiger partial charge on any atom is -0.373 e. The van der Waals surface area contributed by atoms with Crippen molar-refractivity contribution in [2.45, 2.75) is 25.6 Å². The van der Waals surface area contributed by atoms with Gasteiger partial charge in [0.1, 0.15) is 0 Å². The fourth-order valence-electron chi connectivity index (χ4n) is 1.89. The van der Waals surface area contributed by atoms with E-state index in [0.717, 1.165) is 6.61 Å². The van der Waals surface area contributed by atoms with E-state index in [1.165, 1.54) is 11.1 Å². The second kappa shape index (κ2) is 3.35. The molecule has 1 aliphatic rings. The third-order valence-electron chi connectivity index (χ3n) is 2.68. The SMILES string of the molecule is C=C[C@@H]1c2ccccc2CO[C@H]1C. The average molecular weight is 174 g/mol. The second-order valence-corrected chi connectivity index (χ2v) is 3.48. The van der Waals surface area contributed by atoms with Gasteiger partial charge in [0, 0.05) is 5.92 Å². The minimum atomic E-state index is 0.257. The number of hydrogen-bond acceptors (Lipinski definition) is 1. The normalized spacial score (nSPS) is 26.5. The van der Waals surface area contributed by atoms with Gasteiger partial charge in [0.15, 0.2) is 0 Å². The highest BCUT2D eigenvalue weighted by Crippen LogP contribution is 2.31. The molecule has 2 rings (SSSR count). The summed E-state index contributed by atoms with van der Waals surface area (Å²) in [6.07, 6.45) is 2.23. The third kappa shape index (κ3) is 1.40. The van der Waals surface area contributed by atoms with Crippen molar-refractivity contribution in [3.8, 4) is 0 Å². The van der Waals surface area contributed by atoms with E-state index in [2.05, 4.69) is 37.8 Å². The molecule has 2 atom stereocenters. The molecule has 0 aromatic heterocycles. The number of benzene rings is 1. The van der Waals surface area contributed by atoms with Crippen molar-refractivity contribution >= 4 is 0 Å². The maximum atomic E-state index is 5.64. The molecule has 1 aromatic carbocycles. The maximum absolute atomic E-state index is 5.64. The first-order chi connectivity index (χ1) is 6.33. The summed E-state index contributed by atoms with van der Waals surface area (Å²) < 4.78 is 5.64. The first-order valence-electron chi connectivity index (χ1n) is 4.65. The van der Waals surface area contributed by atoms with Gasteiger partial charge in [-0.15, -0.1) is 6.58 Å². The topological polar surface area (TPSA) is 9.23 Å². The van der Waals surface area contributed by atoms with Gasteiger partial charge in [-0.05, 0) is 18.1 Å². The molecule has 0 N–H and O–H groups in total. The van der Waals surface area contributed by atoms with Gasteiger partial charge in [-0.25, -0.2) is 0 Å². The number of rotatable bonds is 1. The van der Waals surface area contributed by atoms with Gasteiger partial charge in [0.25, 0.3) is 0 Å². The molecule has 0 spiro atoms. The lowest BCUT2D eigenvalue weighted by atomic mass is 9.88. The maximum Gasteiger partial charge on any atom is 0.0723 e. The Labute approximate surface area is 79.0 Å². The Morgan fingerprint density at radius 2 is 2.23 bits per heavy atom. The molecule has 0 bridgehead atoms. The largest absolute Gasteiger partial charge is 0.373 e. The lowest BCUT2D eigenvalue weighted by molar-refractivity contribution is 0.0305. The average Bonchev–Trinajstić information content (AvgIpc) is 2.18. The van der Waals surface area contributed by atoms with E-state index in [1.807, 2.05) is 6.08 Å². The molecule has 0 radical (unpaired) electrons. The van der Waals surface area contributed by atoms with E-state index in [9.17, 15) is 0 Å². The highest BCUT2D eigenvalue weighted by atomic mass is 16.5. The summed E-state index contributed by atoms with van der Waals surface area (Å²) in [6.45, 7) is 6.69. The molecule has 0 aliphatic carbocycles. The van der Waals surface area contributed by atoms with Crippen molar-refractivity contribution in [2.75, 3.05) is 0 Å². The van der Waals surface area contributed by atoms with Crippen molar-refractivity contribution < 1.29 is 4.74 Å². The Morgan fingerprint density at radius 1 is 1.46 bits per heavy atom. The summed E-state index contributed by atoms with van der Waals surface area (Å²) in [5, 5.41) is 0. The molecule has 1 heterocycles. The summed E-state index contributed by atoms with van der Waals surface area (Å²) in [4.78, 5) is 0. The molecule has 1 aromatic rings. The highest BCUT2D eigenvalue weighted by molar-refractivity contribution is 5.34. The Hall–Kier alpha value is -1.08. The van der Waals surface area contributed by atoms with Crippen molar-refractivity contribution in [3.05, 3.63) is 48.0 Å². The van der Waals surface area contributed by atoms with Gasteiger partial charge < -0.3 is 4.74 Å². The summed E-state index contributed by atoms with van der Waals surface area (Å²) >= 11 is 0. The zero-order chi connectivity index (χ0) is 9.26. The Morgan fingerprint density at radius 3 is 3.00 bits per heavy atom. The Kier molecular flexibility index (Phi) is 2.19. The molecule has 68 valence electrons. The van der Waals surface area contributed by atoms with Gasteiger partial charge in [-0.2, -0.15) is 0 Å². The van der Waals surface area contributed by atoms with Crippen LogP contribution in [0.1, 0.15) is 24.0 Å². The smallest absolute Gasteiger partial charge is 0.0723 e. The molecule has 1 heteroatoms. The molecule has 1 aliphatic heterocycles.